The monoisotopic (exact) mass is 311 g/mol. The Bertz CT molecular complexity index is 637. The smallest absolute Gasteiger partial charge is 0.356 e. The van der Waals surface area contributed by atoms with Gasteiger partial charge in [0.1, 0.15) is 0 Å². The van der Waals surface area contributed by atoms with Crippen molar-refractivity contribution in [1.29, 1.82) is 0 Å². The maximum Gasteiger partial charge on any atom is 0.356 e. The van der Waals surface area contributed by atoms with E-state index in [0.717, 1.165) is 12.2 Å². The summed E-state index contributed by atoms with van der Waals surface area (Å²) in [5.41, 5.74) is 2.09. The first-order valence-electron chi connectivity index (χ1n) is 8.04. The van der Waals surface area contributed by atoms with Gasteiger partial charge < -0.3 is 5.11 Å². The predicted octanol–water partition coefficient (Wildman–Crippen LogP) is 3.12. The third-order valence-electron chi connectivity index (χ3n) is 4.36. The number of aromatic nitrogens is 2. The molecule has 5 nitrogen and oxygen atoms in total. The largest absolute Gasteiger partial charge is 0.476 e. The summed E-state index contributed by atoms with van der Waals surface area (Å²) in [6.45, 7) is 1.58. The van der Waals surface area contributed by atoms with Crippen LogP contribution >= 0.6 is 0 Å². The maximum atomic E-state index is 10.9. The summed E-state index contributed by atoms with van der Waals surface area (Å²) >= 11 is 0. The summed E-state index contributed by atoms with van der Waals surface area (Å²) in [5.74, 6) is -1.04. The predicted molar refractivity (Wildman–Crippen MR) is 86.9 cm³/mol. The number of benzene rings is 1. The van der Waals surface area contributed by atoms with Crippen LogP contribution in [0.4, 0.5) is 0 Å². The summed E-state index contributed by atoms with van der Waals surface area (Å²) < 4.78 is 0. The molecule has 1 fully saturated rings. The molecule has 120 valence electrons. The van der Waals surface area contributed by atoms with Crippen LogP contribution in [0.3, 0.4) is 0 Å². The van der Waals surface area contributed by atoms with Crippen LogP contribution in [0.1, 0.15) is 47.4 Å². The molecule has 0 spiro atoms. The average molecular weight is 311 g/mol. The highest BCUT2D eigenvalue weighted by Gasteiger charge is 2.23. The number of carboxylic acids is 1. The zero-order valence-corrected chi connectivity index (χ0v) is 13.1. The molecule has 0 unspecified atom stereocenters. The van der Waals surface area contributed by atoms with Gasteiger partial charge >= 0.3 is 5.97 Å². The molecule has 1 aliphatic rings. The van der Waals surface area contributed by atoms with Crippen LogP contribution in [-0.2, 0) is 13.1 Å². The maximum absolute atomic E-state index is 10.9. The first-order chi connectivity index (χ1) is 11.2. The molecule has 5 heteroatoms. The summed E-state index contributed by atoms with van der Waals surface area (Å²) in [4.78, 5) is 21.6. The second-order valence-corrected chi connectivity index (χ2v) is 6.03. The van der Waals surface area contributed by atoms with Crippen LogP contribution in [0, 0.1) is 0 Å². The highest BCUT2D eigenvalue weighted by molar-refractivity contribution is 5.84. The van der Waals surface area contributed by atoms with E-state index in [1.54, 1.807) is 6.20 Å². The Balaban J connectivity index is 1.73. The van der Waals surface area contributed by atoms with Crippen molar-refractivity contribution in [3.8, 4) is 0 Å². The van der Waals surface area contributed by atoms with E-state index >= 15 is 0 Å². The SMILES string of the molecule is O=C(O)c1cnc(CN(Cc2ccccc2)C2CCCC2)cn1. The van der Waals surface area contributed by atoms with Gasteiger partial charge in [-0.1, -0.05) is 43.2 Å². The average Bonchev–Trinajstić information content (AvgIpc) is 3.10. The summed E-state index contributed by atoms with van der Waals surface area (Å²) in [6.07, 6.45) is 7.91. The molecule has 0 radical (unpaired) electrons. The molecule has 0 saturated heterocycles. The van der Waals surface area contributed by atoms with E-state index in [1.807, 2.05) is 6.07 Å². The Labute approximate surface area is 136 Å². The lowest BCUT2D eigenvalue weighted by Gasteiger charge is -2.28. The fraction of sp³-hybridized carbons (Fsp3) is 0.389. The minimum atomic E-state index is -1.04. The normalized spacial score (nSPS) is 15.2. The Hall–Kier alpha value is -2.27. The van der Waals surface area contributed by atoms with Crippen molar-refractivity contribution >= 4 is 5.97 Å². The zero-order valence-electron chi connectivity index (χ0n) is 13.1. The molecule has 0 amide bonds. The van der Waals surface area contributed by atoms with E-state index in [2.05, 4.69) is 39.1 Å². The van der Waals surface area contributed by atoms with E-state index in [4.69, 9.17) is 5.11 Å². The topological polar surface area (TPSA) is 66.3 Å². The van der Waals surface area contributed by atoms with Crippen molar-refractivity contribution < 1.29 is 9.90 Å². The third-order valence-corrected chi connectivity index (χ3v) is 4.36. The van der Waals surface area contributed by atoms with E-state index in [1.165, 1.54) is 37.4 Å². The van der Waals surface area contributed by atoms with Crippen molar-refractivity contribution in [2.45, 2.75) is 44.8 Å². The molecule has 1 saturated carbocycles. The van der Waals surface area contributed by atoms with Crippen molar-refractivity contribution in [3.05, 3.63) is 59.7 Å². The van der Waals surface area contributed by atoms with Crippen molar-refractivity contribution in [2.75, 3.05) is 0 Å². The quantitative estimate of drug-likeness (QED) is 0.888. The molecule has 3 rings (SSSR count). The molecule has 0 aliphatic heterocycles. The number of rotatable bonds is 6. The van der Waals surface area contributed by atoms with E-state index in [9.17, 15) is 4.79 Å². The minimum Gasteiger partial charge on any atom is -0.476 e. The lowest BCUT2D eigenvalue weighted by atomic mass is 10.1. The number of hydrogen-bond donors (Lipinski definition) is 1. The van der Waals surface area contributed by atoms with Gasteiger partial charge in [-0.25, -0.2) is 9.78 Å². The Morgan fingerprint density at radius 3 is 2.43 bits per heavy atom. The Morgan fingerprint density at radius 1 is 1.09 bits per heavy atom. The van der Waals surface area contributed by atoms with Crippen LogP contribution in [0.15, 0.2) is 42.7 Å². The number of aromatic carboxylic acids is 1. The Morgan fingerprint density at radius 2 is 1.83 bits per heavy atom. The van der Waals surface area contributed by atoms with Crippen molar-refractivity contribution in [1.82, 2.24) is 14.9 Å². The molecule has 23 heavy (non-hydrogen) atoms. The fourth-order valence-corrected chi connectivity index (χ4v) is 3.16. The van der Waals surface area contributed by atoms with E-state index in [-0.39, 0.29) is 5.69 Å². The Kier molecular flexibility index (Phi) is 4.98. The second-order valence-electron chi connectivity index (χ2n) is 6.03. The third kappa shape index (κ3) is 4.13. The van der Waals surface area contributed by atoms with Gasteiger partial charge in [-0.2, -0.15) is 0 Å². The molecule has 1 aromatic carbocycles. The lowest BCUT2D eigenvalue weighted by Crippen LogP contribution is -2.32. The second kappa shape index (κ2) is 7.33. The number of hydrogen-bond acceptors (Lipinski definition) is 4. The van der Waals surface area contributed by atoms with Crippen LogP contribution in [0.25, 0.3) is 0 Å². The van der Waals surface area contributed by atoms with E-state index < -0.39 is 5.97 Å². The zero-order chi connectivity index (χ0) is 16.1. The van der Waals surface area contributed by atoms with Crippen molar-refractivity contribution in [3.63, 3.8) is 0 Å². The van der Waals surface area contributed by atoms with Gasteiger partial charge in [0.25, 0.3) is 0 Å². The van der Waals surface area contributed by atoms with Gasteiger partial charge in [0, 0.05) is 19.1 Å². The minimum absolute atomic E-state index is 0.00998. The molecule has 2 aromatic rings. The van der Waals surface area contributed by atoms with Gasteiger partial charge in [0.05, 0.1) is 18.1 Å². The first kappa shape index (κ1) is 15.6. The number of carboxylic acid groups (broad SMARTS) is 1. The molecule has 1 heterocycles. The molecule has 1 aromatic heterocycles. The van der Waals surface area contributed by atoms with Crippen LogP contribution in [-0.4, -0.2) is 32.0 Å². The lowest BCUT2D eigenvalue weighted by molar-refractivity contribution is 0.0689. The standard InChI is InChI=1S/C18H21N3O2/c22-18(23)17-11-19-15(10-20-17)13-21(16-8-4-5-9-16)12-14-6-2-1-3-7-14/h1-3,6-7,10-11,16H,4-5,8-9,12-13H2,(H,22,23). The molecule has 0 bridgehead atoms. The molecule has 0 atom stereocenters. The molecule has 1 N–H and O–H groups in total. The van der Waals surface area contributed by atoms with Gasteiger partial charge in [-0.15, -0.1) is 0 Å². The van der Waals surface area contributed by atoms with Gasteiger partial charge in [0.2, 0.25) is 0 Å². The first-order valence-corrected chi connectivity index (χ1v) is 8.04. The van der Waals surface area contributed by atoms with Gasteiger partial charge in [-0.05, 0) is 18.4 Å². The summed E-state index contributed by atoms with van der Waals surface area (Å²) in [7, 11) is 0. The number of carbonyl (C=O) groups is 1. The van der Waals surface area contributed by atoms with Crippen LogP contribution < -0.4 is 0 Å². The van der Waals surface area contributed by atoms with Crippen LogP contribution in [0.5, 0.6) is 0 Å². The molecular weight excluding hydrogens is 290 g/mol. The highest BCUT2D eigenvalue weighted by Crippen LogP contribution is 2.26. The molecule has 1 aliphatic carbocycles. The van der Waals surface area contributed by atoms with Crippen LogP contribution in [0.2, 0.25) is 0 Å². The van der Waals surface area contributed by atoms with E-state index in [0.29, 0.717) is 12.6 Å². The van der Waals surface area contributed by atoms with Crippen molar-refractivity contribution in [2.24, 2.45) is 0 Å². The highest BCUT2D eigenvalue weighted by atomic mass is 16.4. The summed E-state index contributed by atoms with van der Waals surface area (Å²) in [5, 5.41) is 8.91. The molecular formula is C18H21N3O2. The van der Waals surface area contributed by atoms with Gasteiger partial charge in [-0.3, -0.25) is 9.88 Å². The number of nitrogens with zero attached hydrogens (tertiary/aromatic N) is 3. The van der Waals surface area contributed by atoms with Gasteiger partial charge in [0.15, 0.2) is 5.69 Å². The summed E-state index contributed by atoms with van der Waals surface area (Å²) in [6, 6.07) is 11.0. The fourth-order valence-electron chi connectivity index (χ4n) is 3.16.